The molecule has 1 aromatic heterocycles. The van der Waals surface area contributed by atoms with E-state index in [1.54, 1.807) is 18.0 Å². The van der Waals surface area contributed by atoms with Crippen molar-refractivity contribution in [3.63, 3.8) is 0 Å². The number of thioether (sulfide) groups is 1. The van der Waals surface area contributed by atoms with Gasteiger partial charge in [-0.2, -0.15) is 0 Å². The quantitative estimate of drug-likeness (QED) is 0.768. The van der Waals surface area contributed by atoms with Crippen molar-refractivity contribution in [3.8, 4) is 0 Å². The minimum Gasteiger partial charge on any atom is -0.394 e. The lowest BCUT2D eigenvalue weighted by atomic mass is 9.88. The molecule has 0 radical (unpaired) electrons. The average molecular weight is 323 g/mol. The Bertz CT molecular complexity index is 561. The fourth-order valence-electron chi connectivity index (χ4n) is 2.22. The SMILES string of the molecule is CNC(CO)(CCSc1ncccc1Cl)c1ccccc1. The van der Waals surface area contributed by atoms with Gasteiger partial charge in [0.15, 0.2) is 0 Å². The Kier molecular flexibility index (Phi) is 6.06. The van der Waals surface area contributed by atoms with Crippen molar-refractivity contribution in [2.24, 2.45) is 0 Å². The number of aliphatic hydroxyl groups excluding tert-OH is 1. The summed E-state index contributed by atoms with van der Waals surface area (Å²) in [4.78, 5) is 4.27. The van der Waals surface area contributed by atoms with Crippen LogP contribution in [0.5, 0.6) is 0 Å². The van der Waals surface area contributed by atoms with Gasteiger partial charge in [0.25, 0.3) is 0 Å². The Morgan fingerprint density at radius 2 is 2.00 bits per heavy atom. The average Bonchev–Trinajstić information content (AvgIpc) is 2.54. The molecule has 0 aliphatic heterocycles. The summed E-state index contributed by atoms with van der Waals surface area (Å²) in [6.07, 6.45) is 2.52. The summed E-state index contributed by atoms with van der Waals surface area (Å²) in [6, 6.07) is 13.7. The zero-order chi connectivity index (χ0) is 15.1. The minimum absolute atomic E-state index is 0.0457. The van der Waals surface area contributed by atoms with E-state index >= 15 is 0 Å². The number of pyridine rings is 1. The number of nitrogens with one attached hydrogen (secondary N) is 1. The third-order valence-corrected chi connectivity index (χ3v) is 4.99. The van der Waals surface area contributed by atoms with Gasteiger partial charge in [-0.1, -0.05) is 41.9 Å². The highest BCUT2D eigenvalue weighted by Gasteiger charge is 2.29. The second-order valence-corrected chi connectivity index (χ2v) is 6.24. The predicted octanol–water partition coefficient (Wildman–Crippen LogP) is 3.32. The first-order valence-corrected chi connectivity index (χ1v) is 8.17. The van der Waals surface area contributed by atoms with Crippen LogP contribution in [0.2, 0.25) is 5.02 Å². The van der Waals surface area contributed by atoms with Gasteiger partial charge in [-0.25, -0.2) is 4.98 Å². The lowest BCUT2D eigenvalue weighted by Crippen LogP contribution is -2.44. The van der Waals surface area contributed by atoms with Crippen molar-refractivity contribution in [1.29, 1.82) is 0 Å². The molecule has 2 rings (SSSR count). The normalized spacial score (nSPS) is 13.9. The molecule has 0 aliphatic rings. The number of aromatic nitrogens is 1. The summed E-state index contributed by atoms with van der Waals surface area (Å²) in [5.41, 5.74) is 0.651. The maximum absolute atomic E-state index is 9.87. The summed E-state index contributed by atoms with van der Waals surface area (Å²) in [5, 5.41) is 14.6. The van der Waals surface area contributed by atoms with Crippen molar-refractivity contribution in [3.05, 3.63) is 59.2 Å². The summed E-state index contributed by atoms with van der Waals surface area (Å²) in [7, 11) is 1.88. The maximum Gasteiger partial charge on any atom is 0.115 e. The molecule has 5 heteroatoms. The minimum atomic E-state index is -0.435. The highest BCUT2D eigenvalue weighted by molar-refractivity contribution is 7.99. The molecule has 3 nitrogen and oxygen atoms in total. The molecule has 2 N–H and O–H groups in total. The van der Waals surface area contributed by atoms with Crippen molar-refractivity contribution < 1.29 is 5.11 Å². The van der Waals surface area contributed by atoms with Crippen LogP contribution in [0.4, 0.5) is 0 Å². The van der Waals surface area contributed by atoms with Gasteiger partial charge >= 0.3 is 0 Å². The highest BCUT2D eigenvalue weighted by Crippen LogP contribution is 2.30. The molecule has 0 bridgehead atoms. The molecule has 0 saturated heterocycles. The number of rotatable bonds is 7. The molecule has 0 saturated carbocycles. The first kappa shape index (κ1) is 16.3. The molecule has 2 aromatic rings. The highest BCUT2D eigenvalue weighted by atomic mass is 35.5. The fraction of sp³-hybridized carbons (Fsp3) is 0.312. The molecule has 1 atom stereocenters. The summed E-state index contributed by atoms with van der Waals surface area (Å²) >= 11 is 7.72. The van der Waals surface area contributed by atoms with Gasteiger partial charge in [0, 0.05) is 11.9 Å². The molecule has 0 spiro atoms. The number of hydrogen-bond acceptors (Lipinski definition) is 4. The molecular formula is C16H19ClN2OS. The zero-order valence-electron chi connectivity index (χ0n) is 11.9. The Morgan fingerprint density at radius 3 is 2.62 bits per heavy atom. The van der Waals surface area contributed by atoms with Crippen molar-refractivity contribution in [2.45, 2.75) is 17.0 Å². The van der Waals surface area contributed by atoms with E-state index in [0.717, 1.165) is 22.8 Å². The summed E-state index contributed by atoms with van der Waals surface area (Å²) in [6.45, 7) is 0.0457. The molecule has 1 unspecified atom stereocenters. The van der Waals surface area contributed by atoms with Crippen LogP contribution < -0.4 is 5.32 Å². The Labute approximate surface area is 134 Å². The van der Waals surface area contributed by atoms with Crippen LogP contribution in [-0.2, 0) is 5.54 Å². The van der Waals surface area contributed by atoms with Crippen LogP contribution in [0.25, 0.3) is 0 Å². The van der Waals surface area contributed by atoms with Gasteiger partial charge in [-0.3, -0.25) is 0 Å². The number of aliphatic hydroxyl groups is 1. The lowest BCUT2D eigenvalue weighted by Gasteiger charge is -2.32. The van der Waals surface area contributed by atoms with Crippen molar-refractivity contribution in [1.82, 2.24) is 10.3 Å². The molecule has 1 aromatic carbocycles. The Morgan fingerprint density at radius 1 is 1.24 bits per heavy atom. The molecule has 0 amide bonds. The van der Waals surface area contributed by atoms with Gasteiger partial charge in [-0.15, -0.1) is 11.8 Å². The van der Waals surface area contributed by atoms with Gasteiger partial charge < -0.3 is 10.4 Å². The van der Waals surface area contributed by atoms with Crippen LogP contribution in [0.1, 0.15) is 12.0 Å². The van der Waals surface area contributed by atoms with E-state index < -0.39 is 5.54 Å². The van der Waals surface area contributed by atoms with Crippen molar-refractivity contribution >= 4 is 23.4 Å². The van der Waals surface area contributed by atoms with E-state index in [1.165, 1.54) is 0 Å². The van der Waals surface area contributed by atoms with E-state index in [2.05, 4.69) is 10.3 Å². The third-order valence-electron chi connectivity index (χ3n) is 3.57. The molecule has 112 valence electrons. The fourth-order valence-corrected chi connectivity index (χ4v) is 3.49. The number of halogens is 1. The Balaban J connectivity index is 2.06. The van der Waals surface area contributed by atoms with E-state index in [4.69, 9.17) is 11.6 Å². The Hall–Kier alpha value is -1.07. The monoisotopic (exact) mass is 322 g/mol. The van der Waals surface area contributed by atoms with Crippen LogP contribution in [0.3, 0.4) is 0 Å². The van der Waals surface area contributed by atoms with Crippen molar-refractivity contribution in [2.75, 3.05) is 19.4 Å². The number of likely N-dealkylation sites (N-methyl/N-ethyl adjacent to an activating group) is 1. The van der Waals surface area contributed by atoms with E-state index in [9.17, 15) is 5.11 Å². The molecule has 0 fully saturated rings. The van der Waals surface area contributed by atoms with Crippen LogP contribution in [0.15, 0.2) is 53.7 Å². The van der Waals surface area contributed by atoms with Crippen LogP contribution in [0, 0.1) is 0 Å². The smallest absolute Gasteiger partial charge is 0.115 e. The molecule has 0 aliphatic carbocycles. The standard InChI is InChI=1S/C16H19ClN2OS/c1-18-16(12-20,13-6-3-2-4-7-13)9-11-21-15-14(17)8-5-10-19-15/h2-8,10,18,20H,9,11-12H2,1H3. The molecule has 21 heavy (non-hydrogen) atoms. The maximum atomic E-state index is 9.87. The van der Waals surface area contributed by atoms with E-state index in [0.29, 0.717) is 5.02 Å². The first-order valence-electron chi connectivity index (χ1n) is 6.80. The van der Waals surface area contributed by atoms with E-state index in [1.807, 2.05) is 49.5 Å². The third kappa shape index (κ3) is 3.98. The van der Waals surface area contributed by atoms with Gasteiger partial charge in [0.05, 0.1) is 17.2 Å². The number of nitrogens with zero attached hydrogens (tertiary/aromatic N) is 1. The first-order chi connectivity index (χ1) is 10.2. The van der Waals surface area contributed by atoms with Crippen LogP contribution >= 0.6 is 23.4 Å². The predicted molar refractivity (Wildman–Crippen MR) is 88.9 cm³/mol. The molecular weight excluding hydrogens is 304 g/mol. The topological polar surface area (TPSA) is 45.1 Å². The zero-order valence-corrected chi connectivity index (χ0v) is 13.5. The molecule has 1 heterocycles. The van der Waals surface area contributed by atoms with Gasteiger partial charge in [0.2, 0.25) is 0 Å². The number of hydrogen-bond donors (Lipinski definition) is 2. The second-order valence-electron chi connectivity index (χ2n) is 4.75. The summed E-state index contributed by atoms with van der Waals surface area (Å²) < 4.78 is 0. The van der Waals surface area contributed by atoms with Gasteiger partial charge in [-0.05, 0) is 31.2 Å². The van der Waals surface area contributed by atoms with Gasteiger partial charge in [0.1, 0.15) is 5.03 Å². The number of benzene rings is 1. The summed E-state index contributed by atoms with van der Waals surface area (Å²) in [5.74, 6) is 0.813. The lowest BCUT2D eigenvalue weighted by molar-refractivity contribution is 0.165. The van der Waals surface area contributed by atoms with E-state index in [-0.39, 0.29) is 6.61 Å². The second kappa shape index (κ2) is 7.80. The largest absolute Gasteiger partial charge is 0.394 e. The van der Waals surface area contributed by atoms with Crippen LogP contribution in [-0.4, -0.2) is 29.5 Å².